The molecule has 5 rings (SSSR count). The van der Waals surface area contributed by atoms with Crippen LogP contribution < -0.4 is 21.1 Å². The van der Waals surface area contributed by atoms with E-state index in [1.165, 1.54) is 18.2 Å². The van der Waals surface area contributed by atoms with Crippen molar-refractivity contribution in [3.63, 3.8) is 0 Å². The molecule has 0 spiro atoms. The second-order valence-electron chi connectivity index (χ2n) is 12.1. The number of nitrogens with two attached hydrogens (primary N) is 1. The number of benzene rings is 2. The van der Waals surface area contributed by atoms with Crippen LogP contribution in [0.3, 0.4) is 0 Å². The number of halogens is 2. The lowest BCUT2D eigenvalue weighted by atomic mass is 9.91. The van der Waals surface area contributed by atoms with E-state index in [0.29, 0.717) is 5.56 Å². The summed E-state index contributed by atoms with van der Waals surface area (Å²) >= 11 is 6.30. The molecule has 0 atom stereocenters. The summed E-state index contributed by atoms with van der Waals surface area (Å²) in [7, 11) is 1.65. The minimum atomic E-state index is -0.552. The number of amidine groups is 1. The Bertz CT molecular complexity index is 1710. The smallest absolute Gasteiger partial charge is 0.407 e. The highest BCUT2D eigenvalue weighted by Gasteiger charge is 2.26. The minimum Gasteiger partial charge on any atom is -0.497 e. The Labute approximate surface area is 261 Å². The van der Waals surface area contributed by atoms with Gasteiger partial charge in [-0.1, -0.05) is 17.7 Å². The maximum atomic E-state index is 14.0. The zero-order valence-corrected chi connectivity index (χ0v) is 26.3. The number of anilines is 1. The number of alkyl carbamates (subject to hydrolysis) is 1. The van der Waals surface area contributed by atoms with Gasteiger partial charge in [0.05, 0.1) is 40.8 Å². The molecule has 1 saturated carbocycles. The Kier molecular flexibility index (Phi) is 9.01. The van der Waals surface area contributed by atoms with E-state index in [-0.39, 0.29) is 28.6 Å². The zero-order chi connectivity index (χ0) is 31.6. The van der Waals surface area contributed by atoms with E-state index in [0.717, 1.165) is 59.3 Å². The third kappa shape index (κ3) is 7.24. The molecule has 44 heavy (non-hydrogen) atoms. The number of nitrogens with one attached hydrogen (secondary N) is 2. The van der Waals surface area contributed by atoms with E-state index in [2.05, 4.69) is 26.8 Å². The van der Waals surface area contributed by atoms with Gasteiger partial charge in [-0.15, -0.1) is 0 Å². The molecule has 2 aromatic heterocycles. The first-order chi connectivity index (χ1) is 20.9. The molecular weight excluding hydrogens is 583 g/mol. The number of aryl methyl sites for hydroxylation is 1. The topological polar surface area (TPSA) is 115 Å². The van der Waals surface area contributed by atoms with Crippen LogP contribution in [0.25, 0.3) is 16.6 Å². The van der Waals surface area contributed by atoms with Crippen LogP contribution in [0.4, 0.5) is 20.6 Å². The molecule has 232 valence electrons. The highest BCUT2D eigenvalue weighted by atomic mass is 35.5. The van der Waals surface area contributed by atoms with Gasteiger partial charge in [0.1, 0.15) is 23.0 Å². The summed E-state index contributed by atoms with van der Waals surface area (Å²) in [4.78, 5) is 16.8. The fourth-order valence-electron chi connectivity index (χ4n) is 5.46. The number of fused-ring (bicyclic) bond motifs is 1. The fraction of sp³-hybridized carbons (Fsp3) is 0.364. The van der Waals surface area contributed by atoms with Crippen molar-refractivity contribution in [2.24, 2.45) is 10.7 Å². The zero-order valence-electron chi connectivity index (χ0n) is 25.6. The van der Waals surface area contributed by atoms with Crippen LogP contribution in [0.15, 0.2) is 59.9 Å². The molecule has 4 N–H and O–H groups in total. The predicted molar refractivity (Wildman–Crippen MR) is 173 cm³/mol. The Morgan fingerprint density at radius 1 is 1.11 bits per heavy atom. The van der Waals surface area contributed by atoms with Gasteiger partial charge in [-0.05, 0) is 94.8 Å². The number of amides is 1. The van der Waals surface area contributed by atoms with Gasteiger partial charge in [-0.25, -0.2) is 18.7 Å². The van der Waals surface area contributed by atoms with E-state index >= 15 is 0 Å². The number of hydrogen-bond acceptors (Lipinski definition) is 6. The monoisotopic (exact) mass is 620 g/mol. The lowest BCUT2D eigenvalue weighted by Gasteiger charge is -2.31. The number of ether oxygens (including phenoxy) is 2. The van der Waals surface area contributed by atoms with Gasteiger partial charge in [0.2, 0.25) is 0 Å². The van der Waals surface area contributed by atoms with Gasteiger partial charge in [0, 0.05) is 29.9 Å². The summed E-state index contributed by atoms with van der Waals surface area (Å²) in [6.45, 7) is 7.58. The number of carbonyl (C=O) groups is 1. The third-order valence-electron chi connectivity index (χ3n) is 7.60. The average Bonchev–Trinajstić information content (AvgIpc) is 3.39. The molecule has 1 fully saturated rings. The summed E-state index contributed by atoms with van der Waals surface area (Å²) in [5.41, 5.74) is 11.5. The van der Waals surface area contributed by atoms with Gasteiger partial charge in [-0.2, -0.15) is 5.10 Å². The van der Waals surface area contributed by atoms with Gasteiger partial charge in [0.15, 0.2) is 0 Å². The number of aromatic nitrogens is 2. The summed E-state index contributed by atoms with van der Waals surface area (Å²) in [6, 6.07) is 12.1. The van der Waals surface area contributed by atoms with Crippen LogP contribution in [-0.4, -0.2) is 46.3 Å². The van der Waals surface area contributed by atoms with Crippen LogP contribution in [0, 0.1) is 12.7 Å². The summed E-state index contributed by atoms with van der Waals surface area (Å²) < 4.78 is 26.6. The third-order valence-corrected chi connectivity index (χ3v) is 7.92. The highest BCUT2D eigenvalue weighted by molar-refractivity contribution is 6.33. The van der Waals surface area contributed by atoms with Crippen LogP contribution in [0.2, 0.25) is 5.02 Å². The largest absolute Gasteiger partial charge is 0.497 e. The van der Waals surface area contributed by atoms with Crippen molar-refractivity contribution in [2.45, 2.75) is 71.1 Å². The summed E-state index contributed by atoms with van der Waals surface area (Å²) in [5.74, 6) is 0.476. The van der Waals surface area contributed by atoms with E-state index < -0.39 is 17.5 Å². The molecule has 0 radical (unpaired) electrons. The standard InChI is InChI=1S/C33H38ClFN6O3/c1-19-14-24(43-5)11-12-25(19)20-15-29-30(38-22-7-9-23(10-8-22)39-32(42)44-33(2,3)4)26(17-37-41(29)18-20)31(36)40-28-16-21(35)6-13-27(28)34/h6,11-18,22-23,38H,7-10H2,1-5H3,(H2,36,40)(H,39,42)/t22-,23+. The number of aliphatic imine (C=N–C) groups is 1. The van der Waals surface area contributed by atoms with Gasteiger partial charge in [0.25, 0.3) is 0 Å². The Morgan fingerprint density at radius 2 is 1.84 bits per heavy atom. The lowest BCUT2D eigenvalue weighted by Crippen LogP contribution is -2.42. The van der Waals surface area contributed by atoms with Crippen LogP contribution in [-0.2, 0) is 4.74 Å². The van der Waals surface area contributed by atoms with E-state index in [1.807, 2.05) is 56.6 Å². The van der Waals surface area contributed by atoms with Crippen LogP contribution >= 0.6 is 11.6 Å². The summed E-state index contributed by atoms with van der Waals surface area (Å²) in [6.07, 6.45) is 6.42. The van der Waals surface area contributed by atoms with Crippen LogP contribution in [0.5, 0.6) is 5.75 Å². The highest BCUT2D eigenvalue weighted by Crippen LogP contribution is 2.34. The maximum absolute atomic E-state index is 14.0. The van der Waals surface area contributed by atoms with Crippen molar-refractivity contribution in [1.29, 1.82) is 0 Å². The van der Waals surface area contributed by atoms with Crippen LogP contribution in [0.1, 0.15) is 57.6 Å². The number of methoxy groups -OCH3 is 1. The Morgan fingerprint density at radius 3 is 2.52 bits per heavy atom. The first-order valence-electron chi connectivity index (χ1n) is 14.6. The summed E-state index contributed by atoms with van der Waals surface area (Å²) in [5, 5.41) is 11.6. The molecule has 1 amide bonds. The quantitative estimate of drug-likeness (QED) is 0.146. The first-order valence-corrected chi connectivity index (χ1v) is 15.0. The molecular formula is C33H38ClFN6O3. The Balaban J connectivity index is 1.47. The first kappa shape index (κ1) is 31.1. The molecule has 0 saturated heterocycles. The SMILES string of the molecule is COc1ccc(-c2cc3c(N[C@H]4CC[C@@H](NC(=O)OC(C)(C)C)CC4)c(C(N)=Nc4cc(F)ccc4Cl)cnn3c2)c(C)c1. The number of nitrogens with zero attached hydrogens (tertiary/aromatic N) is 3. The average molecular weight is 621 g/mol. The predicted octanol–water partition coefficient (Wildman–Crippen LogP) is 7.40. The normalized spacial score (nSPS) is 17.4. The molecule has 11 heteroatoms. The number of carbonyl (C=O) groups excluding carboxylic acids is 1. The van der Waals surface area contributed by atoms with Gasteiger partial charge >= 0.3 is 6.09 Å². The molecule has 1 aliphatic carbocycles. The maximum Gasteiger partial charge on any atom is 0.407 e. The molecule has 2 heterocycles. The van der Waals surface area contributed by atoms with Crippen molar-refractivity contribution >= 4 is 40.4 Å². The fourth-order valence-corrected chi connectivity index (χ4v) is 5.62. The van der Waals surface area contributed by atoms with Crippen molar-refractivity contribution in [1.82, 2.24) is 14.9 Å². The molecule has 1 aliphatic rings. The van der Waals surface area contributed by atoms with Crippen molar-refractivity contribution in [3.05, 3.63) is 76.8 Å². The Hall–Kier alpha value is -4.31. The molecule has 2 aromatic carbocycles. The number of hydrogen-bond donors (Lipinski definition) is 3. The van der Waals surface area contributed by atoms with Gasteiger partial charge < -0.3 is 25.8 Å². The molecule has 4 aromatic rings. The van der Waals surface area contributed by atoms with Crippen molar-refractivity contribution in [3.8, 4) is 16.9 Å². The second-order valence-corrected chi connectivity index (χ2v) is 12.5. The molecule has 0 unspecified atom stereocenters. The van der Waals surface area contributed by atoms with E-state index in [4.69, 9.17) is 26.8 Å². The molecule has 0 bridgehead atoms. The second kappa shape index (κ2) is 12.7. The van der Waals surface area contributed by atoms with E-state index in [9.17, 15) is 9.18 Å². The van der Waals surface area contributed by atoms with Crippen molar-refractivity contribution < 1.29 is 18.7 Å². The van der Waals surface area contributed by atoms with E-state index in [1.54, 1.807) is 13.3 Å². The van der Waals surface area contributed by atoms with Crippen molar-refractivity contribution in [2.75, 3.05) is 12.4 Å². The van der Waals surface area contributed by atoms with Gasteiger partial charge in [-0.3, -0.25) is 0 Å². The molecule has 9 nitrogen and oxygen atoms in total. The lowest BCUT2D eigenvalue weighted by molar-refractivity contribution is 0.0492. The number of rotatable bonds is 7. The molecule has 0 aliphatic heterocycles. The minimum absolute atomic E-state index is 0.0273.